The molecule has 1 aromatic rings. The lowest BCUT2D eigenvalue weighted by Crippen LogP contribution is -2.35. The number of aryl methyl sites for hydroxylation is 2. The van der Waals surface area contributed by atoms with Crippen molar-refractivity contribution in [2.45, 2.75) is 41.5 Å². The maximum Gasteiger partial charge on any atom is 0.255 e. The van der Waals surface area contributed by atoms with Gasteiger partial charge in [0.15, 0.2) is 5.78 Å². The van der Waals surface area contributed by atoms with Gasteiger partial charge < -0.3 is 9.73 Å². The summed E-state index contributed by atoms with van der Waals surface area (Å²) in [5, 5.41) is 2.65. The van der Waals surface area contributed by atoms with Crippen LogP contribution in [0.3, 0.4) is 0 Å². The molecule has 1 amide bonds. The van der Waals surface area contributed by atoms with E-state index in [2.05, 4.69) is 5.32 Å². The Morgan fingerprint density at radius 3 is 2.06 bits per heavy atom. The lowest BCUT2D eigenvalue weighted by Gasteiger charge is -2.16. The monoisotopic (exact) mass is 251 g/mol. The Kier molecular flexibility index (Phi) is 3.99. The first-order chi connectivity index (χ1) is 8.14. The number of nitrogens with one attached hydrogen (secondary N) is 1. The molecule has 1 rings (SSSR count). The Morgan fingerprint density at radius 1 is 1.11 bits per heavy atom. The number of carbonyl (C=O) groups is 2. The fourth-order valence-corrected chi connectivity index (χ4v) is 1.64. The second-order valence-corrected chi connectivity index (χ2v) is 5.57. The Labute approximate surface area is 108 Å². The molecule has 0 radical (unpaired) electrons. The molecule has 0 spiro atoms. The molecule has 0 bridgehead atoms. The van der Waals surface area contributed by atoms with Crippen LogP contribution in [0.2, 0.25) is 0 Å². The van der Waals surface area contributed by atoms with Crippen molar-refractivity contribution in [1.82, 2.24) is 5.32 Å². The van der Waals surface area contributed by atoms with Crippen LogP contribution in [0.5, 0.6) is 0 Å². The summed E-state index contributed by atoms with van der Waals surface area (Å²) < 4.78 is 5.39. The average molecular weight is 251 g/mol. The maximum absolute atomic E-state index is 12.0. The average Bonchev–Trinajstić information content (AvgIpc) is 2.48. The van der Waals surface area contributed by atoms with Gasteiger partial charge in [-0.2, -0.15) is 0 Å². The van der Waals surface area contributed by atoms with Gasteiger partial charge in [-0.1, -0.05) is 20.8 Å². The Balaban J connectivity index is 2.76. The number of hydrogen-bond donors (Lipinski definition) is 1. The zero-order chi connectivity index (χ0) is 14.1. The lowest BCUT2D eigenvalue weighted by molar-refractivity contribution is -0.125. The highest BCUT2D eigenvalue weighted by atomic mass is 16.3. The predicted octanol–water partition coefficient (Wildman–Crippen LogP) is 2.55. The largest absolute Gasteiger partial charge is 0.466 e. The summed E-state index contributed by atoms with van der Waals surface area (Å²) in [6.07, 6.45) is 0. The molecule has 4 nitrogen and oxygen atoms in total. The second kappa shape index (κ2) is 4.96. The minimum Gasteiger partial charge on any atom is -0.466 e. The van der Waals surface area contributed by atoms with E-state index in [0.717, 1.165) is 11.3 Å². The highest BCUT2D eigenvalue weighted by Crippen LogP contribution is 2.20. The fourth-order valence-electron chi connectivity index (χ4n) is 1.64. The summed E-state index contributed by atoms with van der Waals surface area (Å²) in [4.78, 5) is 23.7. The van der Waals surface area contributed by atoms with E-state index in [1.807, 2.05) is 34.6 Å². The summed E-state index contributed by atoms with van der Waals surface area (Å²) in [5.41, 5.74) is 0.923. The Morgan fingerprint density at radius 2 is 1.67 bits per heavy atom. The minimum atomic E-state index is -0.441. The van der Waals surface area contributed by atoms with Gasteiger partial charge in [-0.15, -0.1) is 0 Å². The number of ketones is 1. The van der Waals surface area contributed by atoms with Crippen molar-refractivity contribution < 1.29 is 14.0 Å². The van der Waals surface area contributed by atoms with Crippen LogP contribution in [-0.4, -0.2) is 18.2 Å². The molecule has 0 saturated heterocycles. The smallest absolute Gasteiger partial charge is 0.255 e. The number of carbonyl (C=O) groups excluding carboxylic acids is 2. The molecule has 4 heteroatoms. The normalized spacial score (nSPS) is 11.4. The fraction of sp³-hybridized carbons (Fsp3) is 0.571. The molecule has 1 N–H and O–H groups in total. The van der Waals surface area contributed by atoms with E-state index in [-0.39, 0.29) is 18.2 Å². The quantitative estimate of drug-likeness (QED) is 0.898. The third-order valence-electron chi connectivity index (χ3n) is 3.03. The Bertz CT molecular complexity index is 478. The first kappa shape index (κ1) is 14.5. The molecule has 100 valence electrons. The number of hydrogen-bond acceptors (Lipinski definition) is 3. The first-order valence-corrected chi connectivity index (χ1v) is 6.02. The molecule has 1 heterocycles. The zero-order valence-corrected chi connectivity index (χ0v) is 11.9. The van der Waals surface area contributed by atoms with Gasteiger partial charge in [0.05, 0.1) is 12.1 Å². The van der Waals surface area contributed by atoms with E-state index in [4.69, 9.17) is 4.42 Å². The van der Waals surface area contributed by atoms with E-state index < -0.39 is 5.41 Å². The van der Waals surface area contributed by atoms with Gasteiger partial charge in [-0.05, 0) is 20.8 Å². The highest BCUT2D eigenvalue weighted by molar-refractivity contribution is 5.99. The molecule has 0 aliphatic heterocycles. The summed E-state index contributed by atoms with van der Waals surface area (Å²) in [5.74, 6) is 1.08. The summed E-state index contributed by atoms with van der Waals surface area (Å²) in [6, 6.07) is 0. The van der Waals surface area contributed by atoms with Gasteiger partial charge in [0.1, 0.15) is 11.5 Å². The van der Waals surface area contributed by atoms with Crippen molar-refractivity contribution in [3.05, 3.63) is 22.6 Å². The highest BCUT2D eigenvalue weighted by Gasteiger charge is 2.23. The molecular weight excluding hydrogens is 230 g/mol. The molecular formula is C14H21NO3. The van der Waals surface area contributed by atoms with E-state index in [1.165, 1.54) is 0 Å². The third kappa shape index (κ3) is 3.00. The molecule has 0 saturated carbocycles. The number of amides is 1. The van der Waals surface area contributed by atoms with Gasteiger partial charge >= 0.3 is 0 Å². The lowest BCUT2D eigenvalue weighted by atomic mass is 9.91. The second-order valence-electron chi connectivity index (χ2n) is 5.57. The molecule has 0 unspecified atom stereocenters. The van der Waals surface area contributed by atoms with E-state index in [1.54, 1.807) is 6.92 Å². The SMILES string of the molecule is Cc1oc(C)c(C(=O)NCC(=O)C(C)(C)C)c1C. The van der Waals surface area contributed by atoms with Crippen LogP contribution in [0.1, 0.15) is 48.2 Å². The summed E-state index contributed by atoms with van der Waals surface area (Å²) in [7, 11) is 0. The van der Waals surface area contributed by atoms with Gasteiger partial charge in [0.25, 0.3) is 5.91 Å². The molecule has 0 aromatic carbocycles. The number of furan rings is 1. The van der Waals surface area contributed by atoms with Gasteiger partial charge in [-0.25, -0.2) is 0 Å². The standard InChI is InChI=1S/C14H21NO3/c1-8-9(2)18-10(3)12(8)13(17)15-7-11(16)14(4,5)6/h7H2,1-6H3,(H,15,17). The van der Waals surface area contributed by atoms with Crippen LogP contribution in [0, 0.1) is 26.2 Å². The molecule has 18 heavy (non-hydrogen) atoms. The molecule has 0 atom stereocenters. The minimum absolute atomic E-state index is 0.00590. The molecule has 0 aliphatic rings. The van der Waals surface area contributed by atoms with Gasteiger partial charge in [0, 0.05) is 11.0 Å². The van der Waals surface area contributed by atoms with E-state index in [9.17, 15) is 9.59 Å². The van der Waals surface area contributed by atoms with Crippen LogP contribution in [0.25, 0.3) is 0 Å². The van der Waals surface area contributed by atoms with Crippen molar-refractivity contribution in [3.63, 3.8) is 0 Å². The Hall–Kier alpha value is -1.58. The van der Waals surface area contributed by atoms with Crippen molar-refractivity contribution in [2.75, 3.05) is 6.54 Å². The van der Waals surface area contributed by atoms with Gasteiger partial charge in [0.2, 0.25) is 0 Å². The van der Waals surface area contributed by atoms with Crippen molar-refractivity contribution >= 4 is 11.7 Å². The van der Waals surface area contributed by atoms with E-state index >= 15 is 0 Å². The third-order valence-corrected chi connectivity index (χ3v) is 3.03. The van der Waals surface area contributed by atoms with Crippen molar-refractivity contribution in [3.8, 4) is 0 Å². The molecule has 1 aromatic heterocycles. The topological polar surface area (TPSA) is 59.3 Å². The van der Waals surface area contributed by atoms with Crippen LogP contribution < -0.4 is 5.32 Å². The van der Waals surface area contributed by atoms with Crippen molar-refractivity contribution in [1.29, 1.82) is 0 Å². The van der Waals surface area contributed by atoms with Crippen LogP contribution in [0.4, 0.5) is 0 Å². The van der Waals surface area contributed by atoms with Crippen LogP contribution >= 0.6 is 0 Å². The first-order valence-electron chi connectivity index (χ1n) is 6.02. The molecule has 0 aliphatic carbocycles. The van der Waals surface area contributed by atoms with E-state index in [0.29, 0.717) is 11.3 Å². The summed E-state index contributed by atoms with van der Waals surface area (Å²) in [6.45, 7) is 11.0. The predicted molar refractivity (Wildman–Crippen MR) is 69.7 cm³/mol. The number of rotatable bonds is 3. The zero-order valence-electron chi connectivity index (χ0n) is 11.9. The van der Waals surface area contributed by atoms with Crippen LogP contribution in [-0.2, 0) is 4.79 Å². The van der Waals surface area contributed by atoms with Gasteiger partial charge in [-0.3, -0.25) is 9.59 Å². The summed E-state index contributed by atoms with van der Waals surface area (Å²) >= 11 is 0. The maximum atomic E-state index is 12.0. The van der Waals surface area contributed by atoms with Crippen LogP contribution in [0.15, 0.2) is 4.42 Å². The number of Topliss-reactive ketones (excluding diaryl/α,β-unsaturated/α-hetero) is 1. The van der Waals surface area contributed by atoms with Crippen molar-refractivity contribution in [2.24, 2.45) is 5.41 Å². The molecule has 0 fully saturated rings.